The molecular formula is C13H16N2O8. The van der Waals surface area contributed by atoms with Crippen LogP contribution in [0.15, 0.2) is 47.7 Å². The van der Waals surface area contributed by atoms with E-state index in [0.717, 1.165) is 24.3 Å². The molecule has 0 radical (unpaired) electrons. The predicted molar refractivity (Wildman–Crippen MR) is 78.3 cm³/mol. The Hall–Kier alpha value is -3.17. The standard InChI is InChI=1S/C13H16N2O8/c1-3-22-12(16)10(14(18)19)8-6-5-7-9-11(15(20)21)13(17)23-4-2/h5-9,16H,3-4H2,1-2H3/b7-5?,8-6?,11-9?,12-10-. The zero-order chi connectivity index (χ0) is 17.8. The summed E-state index contributed by atoms with van der Waals surface area (Å²) in [7, 11) is 0. The van der Waals surface area contributed by atoms with E-state index < -0.39 is 33.2 Å². The number of allylic oxidation sites excluding steroid dienone is 5. The Morgan fingerprint density at radius 2 is 1.65 bits per heavy atom. The Balaban J connectivity index is 5.11. The first-order chi connectivity index (χ1) is 10.8. The summed E-state index contributed by atoms with van der Waals surface area (Å²) in [5.41, 5.74) is -1.46. The fraction of sp³-hybridized carbons (Fsp3) is 0.308. The average molecular weight is 328 g/mol. The van der Waals surface area contributed by atoms with Gasteiger partial charge in [-0.15, -0.1) is 0 Å². The number of hydrogen-bond acceptors (Lipinski definition) is 8. The van der Waals surface area contributed by atoms with Crippen molar-refractivity contribution >= 4 is 5.97 Å². The van der Waals surface area contributed by atoms with Crippen LogP contribution in [-0.2, 0) is 14.3 Å². The Kier molecular flexibility index (Phi) is 9.09. The minimum Gasteiger partial charge on any atom is -0.476 e. The van der Waals surface area contributed by atoms with Crippen molar-refractivity contribution < 1.29 is 29.2 Å². The van der Waals surface area contributed by atoms with Crippen molar-refractivity contribution in [1.29, 1.82) is 0 Å². The molecule has 1 N–H and O–H groups in total. The number of carbonyl (C=O) groups excluding carboxylic acids is 1. The maximum absolute atomic E-state index is 11.3. The zero-order valence-electron chi connectivity index (χ0n) is 12.5. The number of nitrogens with zero attached hydrogens (tertiary/aromatic N) is 2. The number of rotatable bonds is 9. The molecule has 0 unspecified atom stereocenters. The smallest absolute Gasteiger partial charge is 0.409 e. The quantitative estimate of drug-likeness (QED) is 0.169. The Morgan fingerprint density at radius 3 is 2.13 bits per heavy atom. The van der Waals surface area contributed by atoms with E-state index >= 15 is 0 Å². The minimum atomic E-state index is -1.09. The van der Waals surface area contributed by atoms with Crippen molar-refractivity contribution in [1.82, 2.24) is 0 Å². The van der Waals surface area contributed by atoms with Gasteiger partial charge in [-0.25, -0.2) is 4.79 Å². The third-order valence-corrected chi connectivity index (χ3v) is 2.11. The van der Waals surface area contributed by atoms with E-state index in [9.17, 15) is 30.1 Å². The lowest BCUT2D eigenvalue weighted by Gasteiger charge is -1.99. The van der Waals surface area contributed by atoms with E-state index in [4.69, 9.17) is 0 Å². The lowest BCUT2D eigenvalue weighted by Crippen LogP contribution is -2.14. The molecular weight excluding hydrogens is 312 g/mol. The summed E-state index contributed by atoms with van der Waals surface area (Å²) in [5, 5.41) is 30.7. The normalized spacial score (nSPS) is 13.0. The van der Waals surface area contributed by atoms with Gasteiger partial charge in [0.25, 0.3) is 0 Å². The predicted octanol–water partition coefficient (Wildman–Crippen LogP) is 1.86. The van der Waals surface area contributed by atoms with Gasteiger partial charge < -0.3 is 14.6 Å². The summed E-state index contributed by atoms with van der Waals surface area (Å²) in [5.74, 6) is -1.94. The van der Waals surface area contributed by atoms with E-state index in [1.807, 2.05) is 0 Å². The van der Waals surface area contributed by atoms with Crippen molar-refractivity contribution in [2.75, 3.05) is 13.2 Å². The molecule has 10 heteroatoms. The maximum atomic E-state index is 11.3. The van der Waals surface area contributed by atoms with E-state index in [0.29, 0.717) is 0 Å². The first-order valence-corrected chi connectivity index (χ1v) is 6.42. The van der Waals surface area contributed by atoms with Gasteiger partial charge in [0.15, 0.2) is 0 Å². The van der Waals surface area contributed by atoms with Gasteiger partial charge in [-0.1, -0.05) is 18.2 Å². The third-order valence-electron chi connectivity index (χ3n) is 2.11. The Morgan fingerprint density at radius 1 is 1.04 bits per heavy atom. The highest BCUT2D eigenvalue weighted by Crippen LogP contribution is 2.06. The van der Waals surface area contributed by atoms with Crippen molar-refractivity contribution in [3.63, 3.8) is 0 Å². The minimum absolute atomic E-state index is 0.0126. The molecule has 0 fully saturated rings. The molecule has 0 saturated carbocycles. The highest BCUT2D eigenvalue weighted by atomic mass is 16.6. The van der Waals surface area contributed by atoms with Crippen LogP contribution in [0.2, 0.25) is 0 Å². The number of carbonyl (C=O) groups is 1. The fourth-order valence-electron chi connectivity index (χ4n) is 1.19. The number of ether oxygens (including phenoxy) is 2. The van der Waals surface area contributed by atoms with Gasteiger partial charge in [0.05, 0.1) is 23.1 Å². The number of aliphatic hydroxyl groups is 1. The molecule has 0 heterocycles. The van der Waals surface area contributed by atoms with E-state index in [2.05, 4.69) is 9.47 Å². The van der Waals surface area contributed by atoms with Crippen molar-refractivity contribution in [2.45, 2.75) is 13.8 Å². The summed E-state index contributed by atoms with van der Waals surface area (Å²) in [4.78, 5) is 30.9. The molecule has 0 aliphatic carbocycles. The topological polar surface area (TPSA) is 142 Å². The first kappa shape index (κ1) is 19.8. The number of esters is 1. The van der Waals surface area contributed by atoms with Crippen molar-refractivity contribution in [3.05, 3.63) is 67.9 Å². The SMILES string of the molecule is CCOC(=O)C(=CC=CC=C/C(=C(\O)OCC)[N+](=O)[O-])[N+](=O)[O-]. The first-order valence-electron chi connectivity index (χ1n) is 6.42. The molecule has 0 saturated heterocycles. The average Bonchev–Trinajstić information content (AvgIpc) is 2.45. The second kappa shape index (κ2) is 10.5. The van der Waals surface area contributed by atoms with Crippen LogP contribution in [0.1, 0.15) is 13.8 Å². The third kappa shape index (κ3) is 7.41. The van der Waals surface area contributed by atoms with Gasteiger partial charge in [0.2, 0.25) is 0 Å². The lowest BCUT2D eigenvalue weighted by atomic mass is 10.3. The van der Waals surface area contributed by atoms with Crippen molar-refractivity contribution in [2.24, 2.45) is 0 Å². The molecule has 23 heavy (non-hydrogen) atoms. The summed E-state index contributed by atoms with van der Waals surface area (Å²) >= 11 is 0. The maximum Gasteiger partial charge on any atom is 0.409 e. The highest BCUT2D eigenvalue weighted by molar-refractivity contribution is 5.86. The molecule has 0 aromatic heterocycles. The van der Waals surface area contributed by atoms with Gasteiger partial charge in [-0.2, -0.15) is 0 Å². The molecule has 10 nitrogen and oxygen atoms in total. The lowest BCUT2D eigenvalue weighted by molar-refractivity contribution is -0.424. The molecule has 0 rings (SSSR count). The second-order valence-corrected chi connectivity index (χ2v) is 3.65. The number of hydrogen-bond donors (Lipinski definition) is 1. The molecule has 0 aromatic rings. The monoisotopic (exact) mass is 328 g/mol. The largest absolute Gasteiger partial charge is 0.476 e. The Labute approximate surface area is 131 Å². The highest BCUT2D eigenvalue weighted by Gasteiger charge is 2.21. The molecule has 0 aromatic carbocycles. The molecule has 0 aliphatic heterocycles. The molecule has 0 spiro atoms. The van der Waals surface area contributed by atoms with Gasteiger partial charge in [0, 0.05) is 12.2 Å². The van der Waals surface area contributed by atoms with E-state index in [1.54, 1.807) is 0 Å². The van der Waals surface area contributed by atoms with Crippen LogP contribution < -0.4 is 0 Å². The molecule has 0 bridgehead atoms. The summed E-state index contributed by atoms with van der Waals surface area (Å²) < 4.78 is 9.11. The van der Waals surface area contributed by atoms with E-state index in [-0.39, 0.29) is 13.2 Å². The summed E-state index contributed by atoms with van der Waals surface area (Å²) in [6.45, 7) is 3.07. The van der Waals surface area contributed by atoms with Crippen LogP contribution in [0, 0.1) is 20.2 Å². The van der Waals surface area contributed by atoms with Crippen molar-refractivity contribution in [3.8, 4) is 0 Å². The fourth-order valence-corrected chi connectivity index (χ4v) is 1.19. The van der Waals surface area contributed by atoms with Crippen LogP contribution in [-0.4, -0.2) is 34.1 Å². The van der Waals surface area contributed by atoms with Crippen LogP contribution in [0.25, 0.3) is 0 Å². The second-order valence-electron chi connectivity index (χ2n) is 3.65. The van der Waals surface area contributed by atoms with Crippen LogP contribution in [0.3, 0.4) is 0 Å². The van der Waals surface area contributed by atoms with Crippen LogP contribution in [0.5, 0.6) is 0 Å². The summed E-state index contributed by atoms with van der Waals surface area (Å²) in [6.07, 6.45) is 5.30. The Bertz CT molecular complexity index is 575. The zero-order valence-corrected chi connectivity index (χ0v) is 12.5. The molecule has 0 amide bonds. The molecule has 0 aliphatic rings. The van der Waals surface area contributed by atoms with Gasteiger partial charge in [0.1, 0.15) is 0 Å². The van der Waals surface area contributed by atoms with Gasteiger partial charge >= 0.3 is 23.3 Å². The summed E-state index contributed by atoms with van der Waals surface area (Å²) in [6, 6.07) is 0. The van der Waals surface area contributed by atoms with Crippen LogP contribution in [0.4, 0.5) is 0 Å². The number of nitro groups is 2. The molecule has 126 valence electrons. The van der Waals surface area contributed by atoms with Crippen LogP contribution >= 0.6 is 0 Å². The van der Waals surface area contributed by atoms with Gasteiger partial charge in [-0.3, -0.25) is 20.2 Å². The molecule has 0 atom stereocenters. The van der Waals surface area contributed by atoms with Gasteiger partial charge in [-0.05, 0) is 13.8 Å². The number of aliphatic hydroxyl groups excluding tert-OH is 1. The van der Waals surface area contributed by atoms with E-state index in [1.165, 1.54) is 19.9 Å².